The number of phenolic OH excluding ortho intramolecular Hbond substituents is 1. The molecule has 0 fully saturated rings. The Kier molecular flexibility index (Phi) is 3.02. The van der Waals surface area contributed by atoms with Crippen LogP contribution < -0.4 is 5.90 Å². The molecule has 0 aliphatic carbocycles. The van der Waals surface area contributed by atoms with Crippen LogP contribution in [0, 0.1) is 5.82 Å². The number of hydrogen-bond donors (Lipinski definition) is 2. The normalized spacial score (nSPS) is 10.2. The lowest BCUT2D eigenvalue weighted by molar-refractivity contribution is 0.121. The van der Waals surface area contributed by atoms with Gasteiger partial charge in [-0.15, -0.1) is 0 Å². The van der Waals surface area contributed by atoms with E-state index in [1.165, 1.54) is 6.07 Å². The van der Waals surface area contributed by atoms with Gasteiger partial charge in [-0.05, 0) is 12.1 Å². The largest absolute Gasteiger partial charge is 0.505 e. The molecule has 0 aromatic heterocycles. The molecule has 5 heteroatoms. The maximum Gasteiger partial charge on any atom is 0.166 e. The lowest BCUT2D eigenvalue weighted by atomic mass is 10.2. The minimum atomic E-state index is -0.698. The molecule has 0 atom stereocenters. The smallest absolute Gasteiger partial charge is 0.166 e. The van der Waals surface area contributed by atoms with E-state index in [1.54, 1.807) is 0 Å². The summed E-state index contributed by atoms with van der Waals surface area (Å²) in [5.41, 5.74) is 0.310. The van der Waals surface area contributed by atoms with Gasteiger partial charge in [0, 0.05) is 10.0 Å². The van der Waals surface area contributed by atoms with E-state index in [2.05, 4.69) is 20.8 Å². The second-order valence-corrected chi connectivity index (χ2v) is 3.12. The molecule has 0 bridgehead atoms. The SMILES string of the molecule is NOCc1cc(Br)cc(F)c1O. The zero-order valence-corrected chi connectivity index (χ0v) is 7.64. The molecule has 0 saturated heterocycles. The Bertz CT molecular complexity index is 293. The Hall–Kier alpha value is -0.650. The van der Waals surface area contributed by atoms with Crippen molar-refractivity contribution in [3.05, 3.63) is 28.0 Å². The molecule has 0 saturated carbocycles. The van der Waals surface area contributed by atoms with Crippen molar-refractivity contribution in [3.8, 4) is 5.75 Å². The van der Waals surface area contributed by atoms with E-state index in [9.17, 15) is 4.39 Å². The molecule has 66 valence electrons. The Balaban J connectivity index is 3.09. The summed E-state index contributed by atoms with van der Waals surface area (Å²) in [5, 5.41) is 9.12. The van der Waals surface area contributed by atoms with E-state index >= 15 is 0 Å². The van der Waals surface area contributed by atoms with Gasteiger partial charge >= 0.3 is 0 Å². The van der Waals surface area contributed by atoms with Crippen molar-refractivity contribution in [2.75, 3.05) is 0 Å². The van der Waals surface area contributed by atoms with Crippen molar-refractivity contribution in [2.45, 2.75) is 6.61 Å². The highest BCUT2D eigenvalue weighted by atomic mass is 79.9. The van der Waals surface area contributed by atoms with Crippen LogP contribution in [-0.2, 0) is 11.4 Å². The number of rotatable bonds is 2. The third kappa shape index (κ3) is 1.94. The summed E-state index contributed by atoms with van der Waals surface area (Å²) in [6, 6.07) is 2.70. The maximum absolute atomic E-state index is 12.8. The van der Waals surface area contributed by atoms with Gasteiger partial charge in [-0.25, -0.2) is 10.3 Å². The van der Waals surface area contributed by atoms with Crippen molar-refractivity contribution in [1.82, 2.24) is 0 Å². The van der Waals surface area contributed by atoms with Gasteiger partial charge < -0.3 is 5.11 Å². The summed E-state index contributed by atoms with van der Waals surface area (Å²) in [6.45, 7) is -0.0256. The molecular weight excluding hydrogens is 229 g/mol. The molecule has 0 aliphatic rings. The molecule has 0 radical (unpaired) electrons. The molecule has 1 aromatic carbocycles. The summed E-state index contributed by atoms with van der Waals surface area (Å²) < 4.78 is 13.3. The predicted molar refractivity (Wildman–Crippen MR) is 44.7 cm³/mol. The Morgan fingerprint density at radius 3 is 2.83 bits per heavy atom. The van der Waals surface area contributed by atoms with E-state index in [1.807, 2.05) is 0 Å². The monoisotopic (exact) mass is 235 g/mol. The molecular formula is C7H7BrFNO2. The number of aromatic hydroxyl groups is 1. The number of phenols is 1. The third-order valence-corrected chi connectivity index (χ3v) is 1.80. The fraction of sp³-hybridized carbons (Fsp3) is 0.143. The molecule has 0 spiro atoms. The van der Waals surface area contributed by atoms with Crippen LogP contribution in [0.15, 0.2) is 16.6 Å². The van der Waals surface area contributed by atoms with Gasteiger partial charge in [0.1, 0.15) is 0 Å². The van der Waals surface area contributed by atoms with Gasteiger partial charge in [-0.1, -0.05) is 15.9 Å². The molecule has 1 aromatic rings. The Morgan fingerprint density at radius 2 is 2.25 bits per heavy atom. The number of benzene rings is 1. The molecule has 0 aliphatic heterocycles. The highest BCUT2D eigenvalue weighted by molar-refractivity contribution is 9.10. The van der Waals surface area contributed by atoms with Crippen LogP contribution in [0.1, 0.15) is 5.56 Å². The molecule has 3 N–H and O–H groups in total. The molecule has 0 heterocycles. The van der Waals surface area contributed by atoms with Gasteiger partial charge in [0.2, 0.25) is 0 Å². The van der Waals surface area contributed by atoms with Crippen molar-refractivity contribution in [2.24, 2.45) is 5.90 Å². The van der Waals surface area contributed by atoms with E-state index in [-0.39, 0.29) is 6.61 Å². The van der Waals surface area contributed by atoms with Crippen LogP contribution in [0.4, 0.5) is 4.39 Å². The van der Waals surface area contributed by atoms with Gasteiger partial charge in [-0.2, -0.15) is 0 Å². The molecule has 0 unspecified atom stereocenters. The standard InChI is InChI=1S/C7H7BrFNO2/c8-5-1-4(3-12-10)7(11)6(9)2-5/h1-2,11H,3,10H2. The average molecular weight is 236 g/mol. The first-order valence-electron chi connectivity index (χ1n) is 3.13. The lowest BCUT2D eigenvalue weighted by Crippen LogP contribution is -1.99. The van der Waals surface area contributed by atoms with Crippen LogP contribution >= 0.6 is 15.9 Å². The first-order valence-corrected chi connectivity index (χ1v) is 3.93. The Morgan fingerprint density at radius 1 is 1.58 bits per heavy atom. The fourth-order valence-corrected chi connectivity index (χ4v) is 1.30. The second kappa shape index (κ2) is 3.84. The van der Waals surface area contributed by atoms with Crippen LogP contribution in [-0.4, -0.2) is 5.11 Å². The topological polar surface area (TPSA) is 55.5 Å². The number of nitrogens with two attached hydrogens (primary N) is 1. The van der Waals surface area contributed by atoms with E-state index in [0.717, 1.165) is 6.07 Å². The van der Waals surface area contributed by atoms with Crippen molar-refractivity contribution >= 4 is 15.9 Å². The predicted octanol–water partition coefficient (Wildman–Crippen LogP) is 1.68. The first-order chi connectivity index (χ1) is 5.65. The van der Waals surface area contributed by atoms with Crippen molar-refractivity contribution in [3.63, 3.8) is 0 Å². The molecule has 3 nitrogen and oxygen atoms in total. The first kappa shape index (κ1) is 9.44. The van der Waals surface area contributed by atoms with E-state index in [4.69, 9.17) is 11.0 Å². The van der Waals surface area contributed by atoms with Gasteiger partial charge in [0.15, 0.2) is 11.6 Å². The van der Waals surface area contributed by atoms with E-state index in [0.29, 0.717) is 10.0 Å². The summed E-state index contributed by atoms with van der Waals surface area (Å²) in [7, 11) is 0. The maximum atomic E-state index is 12.8. The van der Waals surface area contributed by atoms with Gasteiger partial charge in [0.25, 0.3) is 0 Å². The highest BCUT2D eigenvalue weighted by Gasteiger charge is 2.08. The quantitative estimate of drug-likeness (QED) is 0.768. The molecule has 12 heavy (non-hydrogen) atoms. The number of hydrogen-bond acceptors (Lipinski definition) is 3. The molecule has 1 rings (SSSR count). The van der Waals surface area contributed by atoms with Crippen LogP contribution in [0.2, 0.25) is 0 Å². The highest BCUT2D eigenvalue weighted by Crippen LogP contribution is 2.26. The van der Waals surface area contributed by atoms with Gasteiger partial charge in [-0.3, -0.25) is 4.84 Å². The summed E-state index contributed by atoms with van der Waals surface area (Å²) in [6.07, 6.45) is 0. The third-order valence-electron chi connectivity index (χ3n) is 1.35. The summed E-state index contributed by atoms with van der Waals surface area (Å²) >= 11 is 3.07. The van der Waals surface area contributed by atoms with Crippen molar-refractivity contribution < 1.29 is 14.3 Å². The van der Waals surface area contributed by atoms with E-state index < -0.39 is 11.6 Å². The Labute approximate surface area is 77.0 Å². The minimum Gasteiger partial charge on any atom is -0.505 e. The van der Waals surface area contributed by atoms with Crippen LogP contribution in [0.5, 0.6) is 5.75 Å². The fourth-order valence-electron chi connectivity index (χ4n) is 0.819. The minimum absolute atomic E-state index is 0.0256. The number of halogens is 2. The second-order valence-electron chi connectivity index (χ2n) is 2.21. The zero-order valence-electron chi connectivity index (χ0n) is 6.05. The zero-order chi connectivity index (χ0) is 9.14. The summed E-state index contributed by atoms with van der Waals surface area (Å²) in [4.78, 5) is 4.27. The van der Waals surface area contributed by atoms with Crippen molar-refractivity contribution in [1.29, 1.82) is 0 Å². The van der Waals surface area contributed by atoms with Gasteiger partial charge in [0.05, 0.1) is 6.61 Å². The summed E-state index contributed by atoms with van der Waals surface area (Å²) in [5.74, 6) is 3.66. The van der Waals surface area contributed by atoms with Crippen LogP contribution in [0.25, 0.3) is 0 Å². The molecule has 0 amide bonds. The lowest BCUT2D eigenvalue weighted by Gasteiger charge is -2.04. The average Bonchev–Trinajstić information content (AvgIpc) is 2.00. The van der Waals surface area contributed by atoms with Crippen LogP contribution in [0.3, 0.4) is 0 Å².